The van der Waals surface area contributed by atoms with E-state index in [1.807, 2.05) is 0 Å². The van der Waals surface area contributed by atoms with Crippen LogP contribution in [0.25, 0.3) is 0 Å². The summed E-state index contributed by atoms with van der Waals surface area (Å²) < 4.78 is 5.39. The highest BCUT2D eigenvalue weighted by atomic mass is 79.9. The summed E-state index contributed by atoms with van der Waals surface area (Å²) in [6, 6.07) is 0. The van der Waals surface area contributed by atoms with E-state index in [4.69, 9.17) is 4.52 Å². The summed E-state index contributed by atoms with van der Waals surface area (Å²) in [6.07, 6.45) is 4.68. The van der Waals surface area contributed by atoms with Crippen LogP contribution in [-0.4, -0.2) is 5.16 Å². The molecule has 3 heteroatoms. The van der Waals surface area contributed by atoms with Gasteiger partial charge < -0.3 is 4.52 Å². The van der Waals surface area contributed by atoms with Gasteiger partial charge in [0.2, 0.25) is 0 Å². The van der Waals surface area contributed by atoms with Gasteiger partial charge in [-0.25, -0.2) is 0 Å². The summed E-state index contributed by atoms with van der Waals surface area (Å²) in [5.41, 5.74) is 2.90. The van der Waals surface area contributed by atoms with Crippen LogP contribution in [0, 0.1) is 11.3 Å². The SMILES string of the molecule is CCC(C)(C)C1CCc2onc(CBr)c2C1. The summed E-state index contributed by atoms with van der Waals surface area (Å²) in [5.74, 6) is 1.89. The third kappa shape index (κ3) is 2.06. The highest BCUT2D eigenvalue weighted by Crippen LogP contribution is 2.40. The molecule has 1 unspecified atom stereocenters. The van der Waals surface area contributed by atoms with Crippen LogP contribution in [0.2, 0.25) is 0 Å². The van der Waals surface area contributed by atoms with Crippen molar-refractivity contribution in [2.24, 2.45) is 11.3 Å². The van der Waals surface area contributed by atoms with Crippen molar-refractivity contribution in [3.63, 3.8) is 0 Å². The van der Waals surface area contributed by atoms with Crippen LogP contribution in [0.5, 0.6) is 0 Å². The fourth-order valence-electron chi connectivity index (χ4n) is 2.52. The normalized spacial score (nSPS) is 20.9. The zero-order valence-corrected chi connectivity index (χ0v) is 11.9. The summed E-state index contributed by atoms with van der Waals surface area (Å²) in [5, 5.41) is 4.95. The van der Waals surface area contributed by atoms with Crippen LogP contribution < -0.4 is 0 Å². The molecule has 0 saturated heterocycles. The van der Waals surface area contributed by atoms with Gasteiger partial charge in [-0.1, -0.05) is 48.3 Å². The molecule has 0 aromatic carbocycles. The largest absolute Gasteiger partial charge is 0.361 e. The van der Waals surface area contributed by atoms with E-state index in [0.717, 1.165) is 35.5 Å². The molecular weight excluding hydrogens is 266 g/mol. The maximum absolute atomic E-state index is 5.39. The fraction of sp³-hybridized carbons (Fsp3) is 0.769. The van der Waals surface area contributed by atoms with Crippen LogP contribution in [0.15, 0.2) is 4.52 Å². The monoisotopic (exact) mass is 285 g/mol. The van der Waals surface area contributed by atoms with Gasteiger partial charge in [0.1, 0.15) is 5.76 Å². The van der Waals surface area contributed by atoms with Crippen molar-refractivity contribution in [1.29, 1.82) is 0 Å². The number of aromatic nitrogens is 1. The number of hydrogen-bond donors (Lipinski definition) is 0. The van der Waals surface area contributed by atoms with Crippen LogP contribution in [0.1, 0.15) is 50.6 Å². The molecule has 0 amide bonds. The maximum Gasteiger partial charge on any atom is 0.140 e. The van der Waals surface area contributed by atoms with Crippen molar-refractivity contribution < 1.29 is 4.52 Å². The Kier molecular flexibility index (Phi) is 3.43. The maximum atomic E-state index is 5.39. The van der Waals surface area contributed by atoms with Gasteiger partial charge in [-0.05, 0) is 24.2 Å². The van der Waals surface area contributed by atoms with Gasteiger partial charge in [0.15, 0.2) is 0 Å². The lowest BCUT2D eigenvalue weighted by atomic mass is 9.69. The molecule has 2 nitrogen and oxygen atoms in total. The van der Waals surface area contributed by atoms with Gasteiger partial charge in [-0.15, -0.1) is 0 Å². The Morgan fingerprint density at radius 1 is 1.50 bits per heavy atom. The first-order valence-electron chi connectivity index (χ1n) is 6.10. The second kappa shape index (κ2) is 4.52. The highest BCUT2D eigenvalue weighted by molar-refractivity contribution is 9.08. The van der Waals surface area contributed by atoms with Crippen LogP contribution in [-0.2, 0) is 18.2 Å². The number of aryl methyl sites for hydroxylation is 1. The lowest BCUT2D eigenvalue weighted by Gasteiger charge is -2.35. The van der Waals surface area contributed by atoms with E-state index < -0.39 is 0 Å². The van der Waals surface area contributed by atoms with Gasteiger partial charge in [0.25, 0.3) is 0 Å². The molecule has 16 heavy (non-hydrogen) atoms. The topological polar surface area (TPSA) is 26.0 Å². The van der Waals surface area contributed by atoms with Gasteiger partial charge in [0, 0.05) is 17.3 Å². The lowest BCUT2D eigenvalue weighted by molar-refractivity contribution is 0.176. The molecular formula is C13H20BrNO. The van der Waals surface area contributed by atoms with Gasteiger partial charge >= 0.3 is 0 Å². The molecule has 1 atom stereocenters. The minimum Gasteiger partial charge on any atom is -0.361 e. The van der Waals surface area contributed by atoms with E-state index in [9.17, 15) is 0 Å². The Labute approximate surface area is 106 Å². The summed E-state index contributed by atoms with van der Waals surface area (Å²) >= 11 is 3.48. The smallest absolute Gasteiger partial charge is 0.140 e. The average Bonchev–Trinajstić information content (AvgIpc) is 2.70. The number of rotatable bonds is 3. The van der Waals surface area contributed by atoms with Crippen molar-refractivity contribution in [2.75, 3.05) is 0 Å². The number of nitrogens with zero attached hydrogens (tertiary/aromatic N) is 1. The first-order valence-corrected chi connectivity index (χ1v) is 7.23. The molecule has 1 aliphatic rings. The lowest BCUT2D eigenvalue weighted by Crippen LogP contribution is -2.28. The summed E-state index contributed by atoms with van der Waals surface area (Å²) in [7, 11) is 0. The second-order valence-electron chi connectivity index (χ2n) is 5.45. The average molecular weight is 286 g/mol. The van der Waals surface area contributed by atoms with Crippen molar-refractivity contribution in [3.05, 3.63) is 17.0 Å². The molecule has 0 N–H and O–H groups in total. The molecule has 1 heterocycles. The Hall–Kier alpha value is -0.310. The predicted molar refractivity (Wildman–Crippen MR) is 68.7 cm³/mol. The van der Waals surface area contributed by atoms with Crippen molar-refractivity contribution in [3.8, 4) is 0 Å². The van der Waals surface area contributed by atoms with Crippen molar-refractivity contribution in [2.45, 2.75) is 51.8 Å². The molecule has 0 bridgehead atoms. The third-order valence-corrected chi connectivity index (χ3v) is 4.80. The summed E-state index contributed by atoms with van der Waals surface area (Å²) in [4.78, 5) is 0. The van der Waals surface area contributed by atoms with Crippen molar-refractivity contribution >= 4 is 15.9 Å². The van der Waals surface area contributed by atoms with E-state index in [0.29, 0.717) is 5.41 Å². The molecule has 1 aromatic rings. The predicted octanol–water partition coefficient (Wildman–Crippen LogP) is 4.11. The van der Waals surface area contributed by atoms with Crippen LogP contribution in [0.3, 0.4) is 0 Å². The molecule has 0 fully saturated rings. The van der Waals surface area contributed by atoms with Crippen LogP contribution >= 0.6 is 15.9 Å². The Balaban J connectivity index is 2.22. The van der Waals surface area contributed by atoms with Crippen molar-refractivity contribution in [1.82, 2.24) is 5.16 Å². The molecule has 1 aromatic heterocycles. The van der Waals surface area contributed by atoms with Gasteiger partial charge in [0.05, 0.1) is 5.69 Å². The van der Waals surface area contributed by atoms with Gasteiger partial charge in [-0.2, -0.15) is 0 Å². The Bertz CT molecular complexity index is 357. The zero-order chi connectivity index (χ0) is 11.8. The molecule has 0 aliphatic heterocycles. The van der Waals surface area contributed by atoms with E-state index in [1.165, 1.54) is 18.4 Å². The molecule has 0 spiro atoms. The number of fused-ring (bicyclic) bond motifs is 1. The number of hydrogen-bond acceptors (Lipinski definition) is 2. The number of alkyl halides is 1. The van der Waals surface area contributed by atoms with E-state index in [-0.39, 0.29) is 0 Å². The first kappa shape index (κ1) is 12.2. The standard InChI is InChI=1S/C13H20BrNO/c1-4-13(2,3)9-5-6-12-10(7-9)11(8-14)15-16-12/h9H,4-8H2,1-3H3. The third-order valence-electron chi connectivity index (χ3n) is 4.26. The molecule has 0 saturated carbocycles. The Morgan fingerprint density at radius 2 is 2.25 bits per heavy atom. The second-order valence-corrected chi connectivity index (χ2v) is 6.01. The molecule has 0 radical (unpaired) electrons. The quantitative estimate of drug-likeness (QED) is 0.781. The summed E-state index contributed by atoms with van der Waals surface area (Å²) in [6.45, 7) is 7.04. The Morgan fingerprint density at radius 3 is 2.88 bits per heavy atom. The zero-order valence-electron chi connectivity index (χ0n) is 10.3. The minimum absolute atomic E-state index is 0.429. The first-order chi connectivity index (χ1) is 7.58. The van der Waals surface area contributed by atoms with Gasteiger partial charge in [-0.3, -0.25) is 0 Å². The van der Waals surface area contributed by atoms with Crippen LogP contribution in [0.4, 0.5) is 0 Å². The fourth-order valence-corrected chi connectivity index (χ4v) is 2.96. The molecule has 1 aliphatic carbocycles. The highest BCUT2D eigenvalue weighted by Gasteiger charge is 2.33. The van der Waals surface area contributed by atoms with E-state index in [2.05, 4.69) is 41.9 Å². The number of halogens is 1. The van der Waals surface area contributed by atoms with E-state index >= 15 is 0 Å². The molecule has 90 valence electrons. The minimum atomic E-state index is 0.429. The van der Waals surface area contributed by atoms with E-state index in [1.54, 1.807) is 0 Å². The molecule has 2 rings (SSSR count).